The van der Waals surface area contributed by atoms with Gasteiger partial charge < -0.3 is 30.0 Å². The van der Waals surface area contributed by atoms with Crippen LogP contribution in [0.2, 0.25) is 0 Å². The monoisotopic (exact) mass is 691 g/mol. The smallest absolute Gasteiger partial charge is 0.321 e. The van der Waals surface area contributed by atoms with E-state index in [1.807, 2.05) is 55.4 Å². The molecule has 12 nitrogen and oxygen atoms in total. The maximum atomic E-state index is 13.1. The van der Waals surface area contributed by atoms with Gasteiger partial charge in [0, 0.05) is 52.3 Å². The van der Waals surface area contributed by atoms with Crippen molar-refractivity contribution in [3.8, 4) is 0 Å². The van der Waals surface area contributed by atoms with Crippen LogP contribution in [0.5, 0.6) is 0 Å². The molecule has 0 aromatic carbocycles. The van der Waals surface area contributed by atoms with E-state index in [0.717, 1.165) is 12.8 Å². The van der Waals surface area contributed by atoms with E-state index in [1.54, 1.807) is 23.5 Å². The SMILES string of the molecule is CCC(=O)C(C)(C)COC(C)(C)CCC(=O)NC(CSC1CCC1SCC(NC(C)(C)C)C(=O)O)C(=O)NCCOCCOC=O. The summed E-state index contributed by atoms with van der Waals surface area (Å²) in [4.78, 5) is 60.4. The van der Waals surface area contributed by atoms with Gasteiger partial charge in [-0.2, -0.15) is 23.5 Å². The topological polar surface area (TPSA) is 169 Å². The Kier molecular flexibility index (Phi) is 18.8. The summed E-state index contributed by atoms with van der Waals surface area (Å²) in [5.41, 5.74) is -1.59. The van der Waals surface area contributed by atoms with Crippen LogP contribution in [0.1, 0.15) is 87.5 Å². The number of Topliss-reactive ketones (excluding diaryl/α,β-unsaturated/α-hetero) is 1. The molecule has 0 heterocycles. The zero-order valence-corrected chi connectivity index (χ0v) is 30.5. The number of rotatable bonds is 25. The standard InChI is InChI=1S/C32H57N3O9S2/c1-9-26(37)31(5,6)20-44-32(7,8)13-12-27(38)34-22(28(39)33-14-15-42-16-17-43-21-36)18-45-24-10-11-25(24)46-19-23(29(40)41)35-30(2,3)4/h21-25,35H,9-20H2,1-8H3,(H,33,39)(H,34,38)(H,40,41). The van der Waals surface area contributed by atoms with Crippen molar-refractivity contribution < 1.29 is 43.3 Å². The Bertz CT molecular complexity index is 988. The first-order valence-electron chi connectivity index (χ1n) is 16.0. The molecule has 0 radical (unpaired) electrons. The third kappa shape index (κ3) is 17.3. The van der Waals surface area contributed by atoms with Crippen LogP contribution >= 0.6 is 23.5 Å². The second-order valence-corrected chi connectivity index (χ2v) is 16.3. The van der Waals surface area contributed by atoms with Gasteiger partial charge in [0.2, 0.25) is 11.8 Å². The van der Waals surface area contributed by atoms with Gasteiger partial charge in [0.25, 0.3) is 6.47 Å². The summed E-state index contributed by atoms with van der Waals surface area (Å²) in [6.45, 7) is 16.5. The van der Waals surface area contributed by atoms with Crippen molar-refractivity contribution in [3.63, 3.8) is 0 Å². The Morgan fingerprint density at radius 2 is 1.54 bits per heavy atom. The van der Waals surface area contributed by atoms with Crippen molar-refractivity contribution in [3.05, 3.63) is 0 Å². The molecule has 0 saturated heterocycles. The van der Waals surface area contributed by atoms with Crippen molar-refractivity contribution in [2.75, 3.05) is 44.5 Å². The lowest BCUT2D eigenvalue weighted by Crippen LogP contribution is -2.50. The Morgan fingerprint density at radius 1 is 0.935 bits per heavy atom. The Labute approximate surface area is 283 Å². The number of nitrogens with one attached hydrogen (secondary N) is 3. The zero-order valence-electron chi connectivity index (χ0n) is 28.9. The summed E-state index contributed by atoms with van der Waals surface area (Å²) in [5, 5.41) is 19.0. The highest BCUT2D eigenvalue weighted by atomic mass is 32.2. The predicted molar refractivity (Wildman–Crippen MR) is 182 cm³/mol. The molecule has 4 N–H and O–H groups in total. The van der Waals surface area contributed by atoms with Gasteiger partial charge in [-0.3, -0.25) is 29.3 Å². The minimum absolute atomic E-state index is 0.113. The Morgan fingerprint density at radius 3 is 2.07 bits per heavy atom. The lowest BCUT2D eigenvalue weighted by Gasteiger charge is -2.37. The molecular formula is C32H57N3O9S2. The van der Waals surface area contributed by atoms with Crippen molar-refractivity contribution >= 4 is 53.6 Å². The number of aliphatic carboxylic acids is 1. The number of carboxylic acid groups (broad SMARTS) is 1. The average molecular weight is 692 g/mol. The van der Waals surface area contributed by atoms with Crippen LogP contribution in [0.25, 0.3) is 0 Å². The number of carbonyl (C=O) groups is 5. The van der Waals surface area contributed by atoms with Crippen molar-refractivity contribution in [1.82, 2.24) is 16.0 Å². The molecule has 2 amide bonds. The van der Waals surface area contributed by atoms with Crippen molar-refractivity contribution in [1.29, 1.82) is 0 Å². The summed E-state index contributed by atoms with van der Waals surface area (Å²) < 4.78 is 16.0. The zero-order chi connectivity index (χ0) is 35.0. The highest BCUT2D eigenvalue weighted by Gasteiger charge is 2.35. The van der Waals surface area contributed by atoms with Crippen LogP contribution in [0.15, 0.2) is 0 Å². The second kappa shape index (κ2) is 20.5. The molecule has 1 saturated carbocycles. The largest absolute Gasteiger partial charge is 0.480 e. The van der Waals surface area contributed by atoms with E-state index in [0.29, 0.717) is 30.8 Å². The van der Waals surface area contributed by atoms with Crippen LogP contribution in [0.4, 0.5) is 0 Å². The van der Waals surface area contributed by atoms with Gasteiger partial charge in [-0.25, -0.2) is 0 Å². The van der Waals surface area contributed by atoms with Crippen LogP contribution in [-0.4, -0.2) is 113 Å². The molecule has 4 unspecified atom stereocenters. The summed E-state index contributed by atoms with van der Waals surface area (Å²) in [6.07, 6.45) is 2.90. The average Bonchev–Trinajstić information content (AvgIpc) is 2.96. The lowest BCUT2D eigenvalue weighted by atomic mass is 9.87. The summed E-state index contributed by atoms with van der Waals surface area (Å²) >= 11 is 3.25. The maximum absolute atomic E-state index is 13.1. The highest BCUT2D eigenvalue weighted by Crippen LogP contribution is 2.40. The molecule has 266 valence electrons. The Hall–Kier alpha value is -1.87. The number of hydrogen-bond donors (Lipinski definition) is 4. The fourth-order valence-corrected chi connectivity index (χ4v) is 7.57. The molecular weight excluding hydrogens is 634 g/mol. The van der Waals surface area contributed by atoms with Gasteiger partial charge in [0.05, 0.1) is 25.4 Å². The number of thioether (sulfide) groups is 2. The third-order valence-corrected chi connectivity index (χ3v) is 10.7. The van der Waals surface area contributed by atoms with E-state index >= 15 is 0 Å². The molecule has 46 heavy (non-hydrogen) atoms. The quantitative estimate of drug-likeness (QED) is 0.0816. The minimum atomic E-state index is -0.877. The van der Waals surface area contributed by atoms with E-state index in [2.05, 4.69) is 20.7 Å². The fraction of sp³-hybridized carbons (Fsp3) is 0.844. The maximum Gasteiger partial charge on any atom is 0.321 e. The lowest BCUT2D eigenvalue weighted by molar-refractivity contribution is -0.139. The predicted octanol–water partition coefficient (Wildman–Crippen LogP) is 3.20. The van der Waals surface area contributed by atoms with Gasteiger partial charge in [0.15, 0.2) is 0 Å². The van der Waals surface area contributed by atoms with E-state index in [1.165, 1.54) is 0 Å². The molecule has 0 aromatic rings. The van der Waals surface area contributed by atoms with Crippen molar-refractivity contribution in [2.45, 2.75) is 121 Å². The van der Waals surface area contributed by atoms with Crippen LogP contribution in [-0.2, 0) is 38.2 Å². The number of carbonyl (C=O) groups excluding carboxylic acids is 4. The van der Waals surface area contributed by atoms with E-state index in [9.17, 15) is 29.1 Å². The highest BCUT2D eigenvalue weighted by molar-refractivity contribution is 8.04. The van der Waals surface area contributed by atoms with Gasteiger partial charge in [-0.15, -0.1) is 0 Å². The number of carboxylic acids is 1. The molecule has 0 aliphatic heterocycles. The van der Waals surface area contributed by atoms with Crippen molar-refractivity contribution in [2.24, 2.45) is 5.41 Å². The number of ether oxygens (including phenoxy) is 3. The molecule has 1 fully saturated rings. The van der Waals surface area contributed by atoms with Gasteiger partial charge >= 0.3 is 5.97 Å². The molecule has 0 aromatic heterocycles. The minimum Gasteiger partial charge on any atom is -0.480 e. The van der Waals surface area contributed by atoms with E-state index < -0.39 is 29.1 Å². The first kappa shape index (κ1) is 42.2. The van der Waals surface area contributed by atoms with Gasteiger partial charge in [0.1, 0.15) is 24.5 Å². The molecule has 0 spiro atoms. The molecule has 4 atom stereocenters. The van der Waals surface area contributed by atoms with Gasteiger partial charge in [-0.05, 0) is 53.9 Å². The first-order valence-corrected chi connectivity index (χ1v) is 18.1. The first-order chi connectivity index (χ1) is 21.4. The van der Waals surface area contributed by atoms with Crippen LogP contribution < -0.4 is 16.0 Å². The van der Waals surface area contributed by atoms with E-state index in [-0.39, 0.29) is 73.0 Å². The fourth-order valence-electron chi connectivity index (χ4n) is 4.45. The number of amides is 2. The number of ketones is 1. The normalized spacial score (nSPS) is 18.2. The van der Waals surface area contributed by atoms with Gasteiger partial charge in [-0.1, -0.05) is 20.8 Å². The summed E-state index contributed by atoms with van der Waals surface area (Å²) in [6, 6.07) is -1.44. The Balaban J connectivity index is 2.74. The second-order valence-electron chi connectivity index (χ2n) is 13.8. The molecule has 1 rings (SSSR count). The molecule has 1 aliphatic carbocycles. The van der Waals surface area contributed by atoms with E-state index in [4.69, 9.17) is 9.47 Å². The summed E-state index contributed by atoms with van der Waals surface area (Å²) in [5.74, 6) is -0.564. The number of hydrogen-bond acceptors (Lipinski definition) is 11. The van der Waals surface area contributed by atoms with Crippen LogP contribution in [0.3, 0.4) is 0 Å². The molecule has 0 bridgehead atoms. The molecule has 1 aliphatic rings. The third-order valence-electron chi connectivity index (χ3n) is 7.47. The summed E-state index contributed by atoms with van der Waals surface area (Å²) in [7, 11) is 0. The molecule has 14 heteroatoms. The van der Waals surface area contributed by atoms with Crippen LogP contribution in [0, 0.1) is 5.41 Å².